The lowest BCUT2D eigenvalue weighted by Gasteiger charge is -2.11. The van der Waals surface area contributed by atoms with Crippen molar-refractivity contribution in [2.24, 2.45) is 0 Å². The van der Waals surface area contributed by atoms with E-state index in [2.05, 4.69) is 26.0 Å². The highest BCUT2D eigenvalue weighted by Gasteiger charge is 2.16. The summed E-state index contributed by atoms with van der Waals surface area (Å²) in [4.78, 5) is 17.0. The van der Waals surface area contributed by atoms with Gasteiger partial charge in [-0.15, -0.1) is 5.10 Å². The van der Waals surface area contributed by atoms with Crippen molar-refractivity contribution < 1.29 is 9.53 Å². The van der Waals surface area contributed by atoms with Gasteiger partial charge in [-0.3, -0.25) is 4.79 Å². The maximum absolute atomic E-state index is 12.6. The monoisotopic (exact) mass is 352 g/mol. The summed E-state index contributed by atoms with van der Waals surface area (Å²) < 4.78 is 7.14. The number of hydrogen-bond donors (Lipinski definition) is 3. The van der Waals surface area contributed by atoms with Crippen molar-refractivity contribution >= 4 is 17.4 Å². The normalized spacial score (nSPS) is 15.0. The Kier molecular flexibility index (Phi) is 4.40. The van der Waals surface area contributed by atoms with Crippen LogP contribution in [-0.2, 0) is 0 Å². The maximum atomic E-state index is 12.6. The van der Waals surface area contributed by atoms with Crippen LogP contribution in [0.1, 0.15) is 10.4 Å². The van der Waals surface area contributed by atoms with Crippen LogP contribution in [0.3, 0.4) is 0 Å². The van der Waals surface area contributed by atoms with E-state index in [9.17, 15) is 4.79 Å². The SMILES string of the molecule is COc1ccc2cc1C(=O)NCCNCCNc1ccc3ncc-2n3n1. The number of carbonyl (C=O) groups is 1. The molecule has 26 heavy (non-hydrogen) atoms. The molecular formula is C18H20N6O2. The number of nitrogens with one attached hydrogen (secondary N) is 3. The smallest absolute Gasteiger partial charge is 0.255 e. The van der Waals surface area contributed by atoms with Crippen LogP contribution < -0.4 is 20.7 Å². The van der Waals surface area contributed by atoms with E-state index in [0.29, 0.717) is 24.4 Å². The van der Waals surface area contributed by atoms with Crippen molar-refractivity contribution in [3.63, 3.8) is 0 Å². The van der Waals surface area contributed by atoms with Crippen molar-refractivity contribution in [3.05, 3.63) is 42.1 Å². The molecule has 3 aromatic rings. The Morgan fingerprint density at radius 2 is 1.92 bits per heavy atom. The zero-order valence-corrected chi connectivity index (χ0v) is 14.5. The zero-order valence-electron chi connectivity index (χ0n) is 14.5. The van der Waals surface area contributed by atoms with Crippen molar-refractivity contribution in [1.29, 1.82) is 0 Å². The predicted octanol–water partition coefficient (Wildman–Crippen LogP) is 1.15. The molecule has 3 N–H and O–H groups in total. The second-order valence-corrected chi connectivity index (χ2v) is 5.98. The van der Waals surface area contributed by atoms with Gasteiger partial charge in [-0.2, -0.15) is 0 Å². The summed E-state index contributed by atoms with van der Waals surface area (Å²) in [6.45, 7) is 2.72. The van der Waals surface area contributed by atoms with Gasteiger partial charge >= 0.3 is 0 Å². The molecule has 8 nitrogen and oxygen atoms in total. The molecule has 2 aromatic heterocycles. The minimum Gasteiger partial charge on any atom is -0.496 e. The van der Waals surface area contributed by atoms with Gasteiger partial charge in [0.15, 0.2) is 5.65 Å². The summed E-state index contributed by atoms with van der Waals surface area (Å²) in [6.07, 6.45) is 1.76. The van der Waals surface area contributed by atoms with E-state index in [1.54, 1.807) is 23.9 Å². The zero-order chi connectivity index (χ0) is 17.9. The molecule has 3 heterocycles. The first-order valence-electron chi connectivity index (χ1n) is 8.52. The minimum atomic E-state index is -0.166. The summed E-state index contributed by atoms with van der Waals surface area (Å²) in [6, 6.07) is 9.34. The van der Waals surface area contributed by atoms with Crippen LogP contribution in [0.25, 0.3) is 16.9 Å². The maximum Gasteiger partial charge on any atom is 0.255 e. The van der Waals surface area contributed by atoms with E-state index >= 15 is 0 Å². The van der Waals surface area contributed by atoms with Gasteiger partial charge < -0.3 is 20.7 Å². The number of amides is 1. The molecule has 0 unspecified atom stereocenters. The molecule has 0 atom stereocenters. The standard InChI is InChI=1S/C18H20N6O2/c1-26-15-3-2-12-10-13(15)18(25)21-9-7-19-6-8-20-16-4-5-17-22-11-14(12)24(17)23-16/h2-5,10-11,19H,6-9H2,1H3,(H,20,23)(H,21,25). The van der Waals surface area contributed by atoms with Crippen LogP contribution in [-0.4, -0.2) is 53.8 Å². The summed E-state index contributed by atoms with van der Waals surface area (Å²) in [5, 5.41) is 14.1. The van der Waals surface area contributed by atoms with Gasteiger partial charge in [-0.05, 0) is 30.3 Å². The van der Waals surface area contributed by atoms with E-state index in [4.69, 9.17) is 4.74 Å². The van der Waals surface area contributed by atoms with Crippen LogP contribution in [0, 0.1) is 0 Å². The Labute approximate surface area is 150 Å². The number of fused-ring (bicyclic) bond motifs is 4. The van der Waals surface area contributed by atoms with Crippen LogP contribution in [0.15, 0.2) is 36.5 Å². The number of aromatic nitrogens is 3. The highest BCUT2D eigenvalue weighted by Crippen LogP contribution is 2.27. The second-order valence-electron chi connectivity index (χ2n) is 5.98. The van der Waals surface area contributed by atoms with E-state index in [1.807, 2.05) is 24.3 Å². The third-order valence-corrected chi connectivity index (χ3v) is 4.30. The van der Waals surface area contributed by atoms with Crippen LogP contribution in [0.2, 0.25) is 0 Å². The van der Waals surface area contributed by atoms with Gasteiger partial charge in [0.1, 0.15) is 11.6 Å². The van der Waals surface area contributed by atoms with Gasteiger partial charge in [0, 0.05) is 31.7 Å². The van der Waals surface area contributed by atoms with Gasteiger partial charge in [-0.1, -0.05) is 0 Å². The number of imidazole rings is 1. The van der Waals surface area contributed by atoms with Gasteiger partial charge in [0.2, 0.25) is 0 Å². The molecule has 0 radical (unpaired) electrons. The first kappa shape index (κ1) is 16.3. The molecule has 1 aliphatic heterocycles. The van der Waals surface area contributed by atoms with Crippen LogP contribution in [0.4, 0.5) is 5.82 Å². The van der Waals surface area contributed by atoms with E-state index in [1.165, 1.54) is 0 Å². The minimum absolute atomic E-state index is 0.166. The molecule has 4 rings (SSSR count). The number of anilines is 1. The second kappa shape index (κ2) is 7.01. The lowest BCUT2D eigenvalue weighted by atomic mass is 10.1. The topological polar surface area (TPSA) is 92.6 Å². The first-order valence-corrected chi connectivity index (χ1v) is 8.52. The quantitative estimate of drug-likeness (QED) is 0.608. The Bertz CT molecular complexity index is 952. The molecule has 1 amide bonds. The summed E-state index contributed by atoms with van der Waals surface area (Å²) in [5.41, 5.74) is 2.90. The molecule has 1 aliphatic rings. The van der Waals surface area contributed by atoms with Crippen molar-refractivity contribution in [2.45, 2.75) is 0 Å². The molecule has 134 valence electrons. The summed E-state index contributed by atoms with van der Waals surface area (Å²) in [5.74, 6) is 1.14. The molecule has 0 spiro atoms. The Morgan fingerprint density at radius 3 is 2.77 bits per heavy atom. The Balaban J connectivity index is 1.85. The van der Waals surface area contributed by atoms with E-state index < -0.39 is 0 Å². The lowest BCUT2D eigenvalue weighted by molar-refractivity contribution is 0.0951. The van der Waals surface area contributed by atoms with Crippen molar-refractivity contribution in [2.75, 3.05) is 38.6 Å². The van der Waals surface area contributed by atoms with Crippen molar-refractivity contribution in [3.8, 4) is 17.0 Å². The first-order chi connectivity index (χ1) is 12.8. The van der Waals surface area contributed by atoms with Gasteiger partial charge in [0.05, 0.1) is 24.6 Å². The number of methoxy groups -OCH3 is 1. The Morgan fingerprint density at radius 1 is 1.08 bits per heavy atom. The van der Waals surface area contributed by atoms with Gasteiger partial charge in [-0.25, -0.2) is 9.50 Å². The van der Waals surface area contributed by atoms with E-state index in [0.717, 1.165) is 35.8 Å². The third-order valence-electron chi connectivity index (χ3n) is 4.30. The fourth-order valence-electron chi connectivity index (χ4n) is 2.97. The van der Waals surface area contributed by atoms with Crippen LogP contribution in [0.5, 0.6) is 5.75 Å². The predicted molar refractivity (Wildman–Crippen MR) is 98.7 cm³/mol. The molecule has 0 aliphatic carbocycles. The third kappa shape index (κ3) is 3.06. The fourth-order valence-corrected chi connectivity index (χ4v) is 2.97. The molecular weight excluding hydrogens is 332 g/mol. The lowest BCUT2D eigenvalue weighted by Crippen LogP contribution is -2.33. The van der Waals surface area contributed by atoms with Crippen LogP contribution >= 0.6 is 0 Å². The molecule has 0 fully saturated rings. The van der Waals surface area contributed by atoms with Crippen molar-refractivity contribution in [1.82, 2.24) is 25.2 Å². The number of benzene rings is 1. The number of ether oxygens (including phenoxy) is 1. The molecule has 1 aromatic carbocycles. The van der Waals surface area contributed by atoms with E-state index in [-0.39, 0.29) is 5.91 Å². The number of rotatable bonds is 1. The van der Waals surface area contributed by atoms with Gasteiger partial charge in [0.25, 0.3) is 5.91 Å². The average molecular weight is 352 g/mol. The molecule has 4 bridgehead atoms. The highest BCUT2D eigenvalue weighted by atomic mass is 16.5. The fraction of sp³-hybridized carbons (Fsp3) is 0.278. The molecule has 0 saturated carbocycles. The number of nitrogens with zero attached hydrogens (tertiary/aromatic N) is 3. The largest absolute Gasteiger partial charge is 0.496 e. The Hall–Kier alpha value is -3.13. The average Bonchev–Trinajstić information content (AvgIpc) is 3.09. The highest BCUT2D eigenvalue weighted by molar-refractivity contribution is 5.98. The summed E-state index contributed by atoms with van der Waals surface area (Å²) in [7, 11) is 1.56. The number of carbonyl (C=O) groups excluding carboxylic acids is 1. The number of hydrogen-bond acceptors (Lipinski definition) is 6. The summed E-state index contributed by atoms with van der Waals surface area (Å²) >= 11 is 0. The molecule has 0 saturated heterocycles. The molecule has 8 heteroatoms.